The van der Waals surface area contributed by atoms with Gasteiger partial charge < -0.3 is 20.5 Å². The second-order valence-corrected chi connectivity index (χ2v) is 6.69. The number of halogens is 3. The minimum Gasteiger partial charge on any atom is -0.496 e. The van der Waals surface area contributed by atoms with Gasteiger partial charge in [-0.05, 0) is 25.1 Å². The Morgan fingerprint density at radius 1 is 1.29 bits per heavy atom. The van der Waals surface area contributed by atoms with Gasteiger partial charge in [0.1, 0.15) is 23.2 Å². The number of nitrogens with one attached hydrogen (secondary N) is 2. The van der Waals surface area contributed by atoms with E-state index in [9.17, 15) is 13.6 Å². The van der Waals surface area contributed by atoms with Crippen molar-refractivity contribution in [3.8, 4) is 5.75 Å². The van der Waals surface area contributed by atoms with Gasteiger partial charge in [-0.2, -0.15) is 0 Å². The predicted molar refractivity (Wildman–Crippen MR) is 104 cm³/mol. The van der Waals surface area contributed by atoms with Gasteiger partial charge >= 0.3 is 0 Å². The van der Waals surface area contributed by atoms with E-state index >= 15 is 0 Å². The van der Waals surface area contributed by atoms with Gasteiger partial charge in [0.25, 0.3) is 5.91 Å². The molecule has 1 atom stereocenters. The zero-order valence-corrected chi connectivity index (χ0v) is 16.9. The molecule has 28 heavy (non-hydrogen) atoms. The maximum absolute atomic E-state index is 14.3. The fourth-order valence-electron chi connectivity index (χ4n) is 2.59. The van der Waals surface area contributed by atoms with Crippen LogP contribution in [0.15, 0.2) is 34.8 Å². The van der Waals surface area contributed by atoms with Crippen LogP contribution in [0, 0.1) is 17.0 Å². The zero-order chi connectivity index (χ0) is 20.8. The molecular formula is C19H20BrF2N3O3. The molecule has 0 saturated carbocycles. The van der Waals surface area contributed by atoms with Crippen LogP contribution < -0.4 is 15.8 Å². The standard InChI is InChI=1S/C19H20BrF2N3O3/c1-3-28-17(16-13(21)7-12(20)8-14(16)22)19(26)25-9-11-5-4-10(18(23)24)6-15(11)27-2/h4-8,17H,3,9H2,1-2H3,(H3,23,24)(H,25,26)/t17-/m0/s1. The number of benzene rings is 2. The number of hydrogen-bond acceptors (Lipinski definition) is 4. The lowest BCUT2D eigenvalue weighted by Gasteiger charge is -2.19. The minimum absolute atomic E-state index is 0.0313. The van der Waals surface area contributed by atoms with Gasteiger partial charge in [-0.15, -0.1) is 0 Å². The van der Waals surface area contributed by atoms with Gasteiger partial charge in [0.05, 0.1) is 12.7 Å². The third kappa shape index (κ3) is 5.05. The summed E-state index contributed by atoms with van der Waals surface area (Å²) >= 11 is 3.01. The van der Waals surface area contributed by atoms with Crippen molar-refractivity contribution in [2.75, 3.05) is 13.7 Å². The molecule has 9 heteroatoms. The molecule has 0 unspecified atom stereocenters. The van der Waals surface area contributed by atoms with Crippen LogP contribution in [0.3, 0.4) is 0 Å². The number of methoxy groups -OCH3 is 1. The predicted octanol–water partition coefficient (Wildman–Crippen LogP) is 3.41. The molecule has 2 rings (SSSR count). The van der Waals surface area contributed by atoms with Crippen LogP contribution in [-0.4, -0.2) is 25.5 Å². The Kier molecular flexibility index (Phi) is 7.47. The third-order valence-electron chi connectivity index (χ3n) is 3.93. The summed E-state index contributed by atoms with van der Waals surface area (Å²) in [6, 6.07) is 6.97. The second-order valence-electron chi connectivity index (χ2n) is 5.78. The number of amides is 1. The summed E-state index contributed by atoms with van der Waals surface area (Å²) in [5.74, 6) is -2.17. The summed E-state index contributed by atoms with van der Waals surface area (Å²) in [4.78, 5) is 12.6. The molecule has 0 fully saturated rings. The van der Waals surface area contributed by atoms with Crippen molar-refractivity contribution < 1.29 is 23.0 Å². The SMILES string of the molecule is CCO[C@H](C(=O)NCc1ccc(C(=N)N)cc1OC)c1c(F)cc(Br)cc1F. The molecule has 1 amide bonds. The summed E-state index contributed by atoms with van der Waals surface area (Å²) in [6.45, 7) is 1.74. The Balaban J connectivity index is 2.23. The van der Waals surface area contributed by atoms with E-state index in [-0.39, 0.29) is 23.5 Å². The first-order valence-electron chi connectivity index (χ1n) is 8.33. The Labute approximate surface area is 169 Å². The molecule has 0 heterocycles. The van der Waals surface area contributed by atoms with Crippen molar-refractivity contribution in [3.05, 3.63) is 63.1 Å². The Hall–Kier alpha value is -2.52. The molecule has 0 saturated heterocycles. The van der Waals surface area contributed by atoms with Crippen LogP contribution >= 0.6 is 15.9 Å². The highest BCUT2D eigenvalue weighted by molar-refractivity contribution is 9.10. The maximum Gasteiger partial charge on any atom is 0.254 e. The molecule has 0 aliphatic carbocycles. The lowest BCUT2D eigenvalue weighted by Crippen LogP contribution is -2.32. The van der Waals surface area contributed by atoms with Gasteiger partial charge in [-0.25, -0.2) is 8.78 Å². The summed E-state index contributed by atoms with van der Waals surface area (Å²) in [6.07, 6.45) is -1.44. The number of hydrogen-bond donors (Lipinski definition) is 3. The molecular weight excluding hydrogens is 436 g/mol. The van der Waals surface area contributed by atoms with Crippen molar-refractivity contribution in [2.45, 2.75) is 19.6 Å². The third-order valence-corrected chi connectivity index (χ3v) is 4.39. The number of nitrogen functional groups attached to an aromatic ring is 1. The van der Waals surface area contributed by atoms with E-state index in [2.05, 4.69) is 21.2 Å². The molecule has 0 bridgehead atoms. The molecule has 150 valence electrons. The van der Waals surface area contributed by atoms with Crippen LogP contribution in [0.1, 0.15) is 29.7 Å². The molecule has 4 N–H and O–H groups in total. The van der Waals surface area contributed by atoms with Crippen molar-refractivity contribution in [3.63, 3.8) is 0 Å². The summed E-state index contributed by atoms with van der Waals surface area (Å²) < 4.78 is 39.3. The quantitative estimate of drug-likeness (QED) is 0.419. The van der Waals surface area contributed by atoms with E-state index in [0.717, 1.165) is 12.1 Å². The topological polar surface area (TPSA) is 97.4 Å². The maximum atomic E-state index is 14.3. The Morgan fingerprint density at radius 3 is 2.46 bits per heavy atom. The normalized spacial score (nSPS) is 11.8. The van der Waals surface area contributed by atoms with Crippen LogP contribution in [0.4, 0.5) is 8.78 Å². The second kappa shape index (κ2) is 9.61. The van der Waals surface area contributed by atoms with Gasteiger partial charge in [-0.1, -0.05) is 28.1 Å². The van der Waals surface area contributed by atoms with E-state index in [0.29, 0.717) is 16.9 Å². The molecule has 0 aliphatic heterocycles. The summed E-state index contributed by atoms with van der Waals surface area (Å²) in [5, 5.41) is 10.1. The zero-order valence-electron chi connectivity index (χ0n) is 15.3. The van der Waals surface area contributed by atoms with Crippen molar-refractivity contribution in [2.24, 2.45) is 5.73 Å². The fraction of sp³-hybridized carbons (Fsp3) is 0.263. The van der Waals surface area contributed by atoms with Gasteiger partial charge in [0, 0.05) is 28.8 Å². The van der Waals surface area contributed by atoms with Crippen LogP contribution in [0.5, 0.6) is 5.75 Å². The highest BCUT2D eigenvalue weighted by Crippen LogP contribution is 2.28. The largest absolute Gasteiger partial charge is 0.496 e. The smallest absolute Gasteiger partial charge is 0.254 e. The number of carbonyl (C=O) groups excluding carboxylic acids is 1. The average Bonchev–Trinajstić information content (AvgIpc) is 2.64. The monoisotopic (exact) mass is 455 g/mol. The first kappa shape index (κ1) is 21.8. The Morgan fingerprint density at radius 2 is 1.93 bits per heavy atom. The van der Waals surface area contributed by atoms with Gasteiger partial charge in [0.15, 0.2) is 6.10 Å². The van der Waals surface area contributed by atoms with Gasteiger partial charge in [0.2, 0.25) is 0 Å². The molecule has 0 radical (unpaired) electrons. The van der Waals surface area contributed by atoms with Crippen molar-refractivity contribution >= 4 is 27.7 Å². The molecule has 6 nitrogen and oxygen atoms in total. The molecule has 0 aromatic heterocycles. The van der Waals surface area contributed by atoms with E-state index in [1.807, 2.05) is 0 Å². The van der Waals surface area contributed by atoms with E-state index in [1.165, 1.54) is 7.11 Å². The highest BCUT2D eigenvalue weighted by atomic mass is 79.9. The van der Waals surface area contributed by atoms with E-state index in [4.69, 9.17) is 20.6 Å². The van der Waals surface area contributed by atoms with Crippen LogP contribution in [0.2, 0.25) is 0 Å². The van der Waals surface area contributed by atoms with Crippen molar-refractivity contribution in [1.82, 2.24) is 5.32 Å². The molecule has 0 aliphatic rings. The highest BCUT2D eigenvalue weighted by Gasteiger charge is 2.28. The molecule has 2 aromatic rings. The van der Waals surface area contributed by atoms with Gasteiger partial charge in [-0.3, -0.25) is 10.2 Å². The lowest BCUT2D eigenvalue weighted by molar-refractivity contribution is -0.133. The Bertz CT molecular complexity index is 870. The van der Waals surface area contributed by atoms with E-state index < -0.39 is 29.2 Å². The van der Waals surface area contributed by atoms with Crippen LogP contribution in [-0.2, 0) is 16.1 Å². The number of carbonyl (C=O) groups is 1. The number of rotatable bonds is 8. The number of ether oxygens (including phenoxy) is 2. The molecule has 2 aromatic carbocycles. The number of nitrogens with two attached hydrogens (primary N) is 1. The lowest BCUT2D eigenvalue weighted by atomic mass is 10.1. The first-order valence-corrected chi connectivity index (χ1v) is 9.12. The fourth-order valence-corrected chi connectivity index (χ4v) is 3.00. The van der Waals surface area contributed by atoms with Crippen molar-refractivity contribution in [1.29, 1.82) is 5.41 Å². The summed E-state index contributed by atoms with van der Waals surface area (Å²) in [7, 11) is 1.44. The average molecular weight is 456 g/mol. The van der Waals surface area contributed by atoms with E-state index in [1.54, 1.807) is 25.1 Å². The van der Waals surface area contributed by atoms with Crippen LogP contribution in [0.25, 0.3) is 0 Å². The number of amidine groups is 1. The summed E-state index contributed by atoms with van der Waals surface area (Å²) in [5.41, 5.74) is 6.07. The first-order chi connectivity index (χ1) is 13.3. The molecule has 0 spiro atoms. The minimum atomic E-state index is -1.44.